The van der Waals surface area contributed by atoms with Crippen LogP contribution in [-0.4, -0.2) is 9.97 Å². The normalized spacial score (nSPS) is 14.8. The summed E-state index contributed by atoms with van der Waals surface area (Å²) in [4.78, 5) is 22.0. The van der Waals surface area contributed by atoms with Gasteiger partial charge in [-0.2, -0.15) is 0 Å². The fraction of sp³-hybridized carbons (Fsp3) is 0.222. The summed E-state index contributed by atoms with van der Waals surface area (Å²) in [5.41, 5.74) is 1.98. The Hall–Kier alpha value is -1.62. The number of aryl methyl sites for hydroxylation is 2. The van der Waals surface area contributed by atoms with Crippen molar-refractivity contribution in [1.29, 1.82) is 0 Å². The molecule has 1 aromatic carbocycles. The lowest BCUT2D eigenvalue weighted by atomic mass is 9.97. The molecule has 0 saturated carbocycles. The number of fused-ring (bicyclic) bond motifs is 3. The number of nitrogens with zero attached hydrogens (tertiary/aromatic N) is 1. The van der Waals surface area contributed by atoms with Gasteiger partial charge in [-0.05, 0) is 55.0 Å². The summed E-state index contributed by atoms with van der Waals surface area (Å²) in [5.74, 6) is 0.405. The number of H-pyrrole nitrogens is 1. The lowest BCUT2D eigenvalue weighted by molar-refractivity contribution is 0.700. The van der Waals surface area contributed by atoms with Crippen LogP contribution in [0.15, 0.2) is 29.1 Å². The van der Waals surface area contributed by atoms with Gasteiger partial charge in [0.05, 0.1) is 10.4 Å². The van der Waals surface area contributed by atoms with Gasteiger partial charge in [0, 0.05) is 9.90 Å². The third kappa shape index (κ3) is 2.90. The summed E-state index contributed by atoms with van der Waals surface area (Å²) in [6.07, 6.45) is 6.10. The maximum atomic E-state index is 12.5. The van der Waals surface area contributed by atoms with E-state index in [-0.39, 0.29) is 5.56 Å². The molecule has 1 N–H and O–H groups in total. The second kappa shape index (κ2) is 6.36. The molecule has 6 heteroatoms. The molecular formula is C18H14Cl2N2OS. The maximum absolute atomic E-state index is 12.5. The summed E-state index contributed by atoms with van der Waals surface area (Å²) >= 11 is 13.9. The van der Waals surface area contributed by atoms with Gasteiger partial charge in [-0.15, -0.1) is 11.3 Å². The van der Waals surface area contributed by atoms with E-state index in [1.54, 1.807) is 29.5 Å². The van der Waals surface area contributed by atoms with Crippen molar-refractivity contribution >= 4 is 55.9 Å². The first-order chi connectivity index (χ1) is 11.6. The molecule has 0 spiro atoms. The summed E-state index contributed by atoms with van der Waals surface area (Å²) in [6, 6.07) is 7.32. The Morgan fingerprint density at radius 1 is 1.21 bits per heavy atom. The van der Waals surface area contributed by atoms with E-state index in [9.17, 15) is 4.79 Å². The molecule has 3 aromatic rings. The highest BCUT2D eigenvalue weighted by atomic mass is 35.5. The molecule has 0 radical (unpaired) electrons. The fourth-order valence-electron chi connectivity index (χ4n) is 3.05. The number of halogens is 2. The van der Waals surface area contributed by atoms with Gasteiger partial charge in [0.1, 0.15) is 4.83 Å². The first-order valence-corrected chi connectivity index (χ1v) is 9.37. The third-order valence-corrected chi connectivity index (χ3v) is 5.94. The lowest BCUT2D eigenvalue weighted by Crippen LogP contribution is -2.12. The monoisotopic (exact) mass is 376 g/mol. The minimum Gasteiger partial charge on any atom is -0.305 e. The van der Waals surface area contributed by atoms with Crippen LogP contribution in [0.4, 0.5) is 0 Å². The van der Waals surface area contributed by atoms with Crippen LogP contribution >= 0.6 is 34.5 Å². The average molecular weight is 377 g/mol. The maximum Gasteiger partial charge on any atom is 0.260 e. The summed E-state index contributed by atoms with van der Waals surface area (Å²) in [6.45, 7) is 0. The highest BCUT2D eigenvalue weighted by molar-refractivity contribution is 7.18. The van der Waals surface area contributed by atoms with E-state index in [1.807, 2.05) is 12.1 Å². The molecule has 0 bridgehead atoms. The van der Waals surface area contributed by atoms with Gasteiger partial charge in [0.15, 0.2) is 5.82 Å². The zero-order valence-electron chi connectivity index (χ0n) is 12.7. The van der Waals surface area contributed by atoms with Crippen LogP contribution in [0.2, 0.25) is 5.02 Å². The summed E-state index contributed by atoms with van der Waals surface area (Å²) in [5, 5.41) is 1.82. The minimum atomic E-state index is -0.0999. The summed E-state index contributed by atoms with van der Waals surface area (Å²) in [7, 11) is 0. The van der Waals surface area contributed by atoms with Gasteiger partial charge >= 0.3 is 0 Å². The largest absolute Gasteiger partial charge is 0.305 e. The Morgan fingerprint density at radius 2 is 1.96 bits per heavy atom. The van der Waals surface area contributed by atoms with E-state index >= 15 is 0 Å². The molecule has 0 aliphatic heterocycles. The van der Waals surface area contributed by atoms with Gasteiger partial charge < -0.3 is 4.98 Å². The van der Waals surface area contributed by atoms with Crippen LogP contribution in [0.3, 0.4) is 0 Å². The molecule has 1 aliphatic rings. The molecular weight excluding hydrogens is 363 g/mol. The van der Waals surface area contributed by atoms with Gasteiger partial charge in [-0.3, -0.25) is 4.79 Å². The minimum absolute atomic E-state index is 0.0999. The van der Waals surface area contributed by atoms with E-state index in [1.165, 1.54) is 16.9 Å². The van der Waals surface area contributed by atoms with Crippen molar-refractivity contribution in [3.05, 3.63) is 61.5 Å². The molecule has 122 valence electrons. The number of rotatable bonds is 2. The van der Waals surface area contributed by atoms with Crippen molar-refractivity contribution in [1.82, 2.24) is 9.97 Å². The number of nitrogens with one attached hydrogen (secondary N) is 1. The van der Waals surface area contributed by atoms with Gasteiger partial charge in [0.25, 0.3) is 5.56 Å². The van der Waals surface area contributed by atoms with Crippen molar-refractivity contribution < 1.29 is 0 Å². The molecule has 1 aliphatic carbocycles. The number of aromatic amines is 1. The molecule has 4 rings (SSSR count). The molecule has 0 fully saturated rings. The van der Waals surface area contributed by atoms with Crippen molar-refractivity contribution in [2.24, 2.45) is 0 Å². The van der Waals surface area contributed by atoms with Crippen LogP contribution in [0, 0.1) is 0 Å². The van der Waals surface area contributed by atoms with Crippen LogP contribution in [-0.2, 0) is 12.8 Å². The quantitative estimate of drug-likeness (QED) is 0.663. The predicted octanol–water partition coefficient (Wildman–Crippen LogP) is 5.25. The van der Waals surface area contributed by atoms with E-state index in [2.05, 4.69) is 9.97 Å². The van der Waals surface area contributed by atoms with Crippen LogP contribution in [0.1, 0.15) is 34.7 Å². The van der Waals surface area contributed by atoms with Crippen LogP contribution in [0.25, 0.3) is 21.3 Å². The van der Waals surface area contributed by atoms with Gasteiger partial charge in [-0.1, -0.05) is 35.3 Å². The second-order valence-corrected chi connectivity index (χ2v) is 7.78. The Balaban J connectivity index is 1.79. The van der Waals surface area contributed by atoms with Crippen molar-refractivity contribution in [3.63, 3.8) is 0 Å². The van der Waals surface area contributed by atoms with E-state index in [0.717, 1.165) is 35.0 Å². The molecule has 2 heterocycles. The standard InChI is InChI=1S/C18H14Cl2N2OS/c19-11-7-5-10(6-8-11)9-13(20)16-21-17(23)15-12-3-1-2-4-14(12)24-18(15)22-16/h5-9H,1-4H2,(H,21,22,23)/b13-9-. The molecule has 24 heavy (non-hydrogen) atoms. The molecule has 0 atom stereocenters. The Morgan fingerprint density at radius 3 is 2.75 bits per heavy atom. The number of aromatic nitrogens is 2. The average Bonchev–Trinajstić information content (AvgIpc) is 2.95. The Bertz CT molecular complexity index is 1000. The smallest absolute Gasteiger partial charge is 0.260 e. The van der Waals surface area contributed by atoms with E-state index in [0.29, 0.717) is 15.9 Å². The van der Waals surface area contributed by atoms with Crippen LogP contribution < -0.4 is 5.56 Å². The van der Waals surface area contributed by atoms with Crippen LogP contribution in [0.5, 0.6) is 0 Å². The number of benzene rings is 1. The Kier molecular flexibility index (Phi) is 4.21. The fourth-order valence-corrected chi connectivity index (χ4v) is 4.65. The number of thiophene rings is 1. The molecule has 3 nitrogen and oxygen atoms in total. The summed E-state index contributed by atoms with van der Waals surface area (Å²) < 4.78 is 0. The molecule has 0 amide bonds. The predicted molar refractivity (Wildman–Crippen MR) is 102 cm³/mol. The highest BCUT2D eigenvalue weighted by Gasteiger charge is 2.20. The topological polar surface area (TPSA) is 45.8 Å². The molecule has 0 saturated heterocycles. The lowest BCUT2D eigenvalue weighted by Gasteiger charge is -2.09. The van der Waals surface area contributed by atoms with Gasteiger partial charge in [0.2, 0.25) is 0 Å². The Labute approximate surface area is 153 Å². The zero-order chi connectivity index (χ0) is 16.7. The highest BCUT2D eigenvalue weighted by Crippen LogP contribution is 2.34. The number of hydrogen-bond acceptors (Lipinski definition) is 3. The number of hydrogen-bond donors (Lipinski definition) is 1. The first-order valence-electron chi connectivity index (χ1n) is 7.79. The van der Waals surface area contributed by atoms with E-state index < -0.39 is 0 Å². The second-order valence-electron chi connectivity index (χ2n) is 5.85. The zero-order valence-corrected chi connectivity index (χ0v) is 15.1. The first kappa shape index (κ1) is 15.9. The molecule has 2 aromatic heterocycles. The van der Waals surface area contributed by atoms with Crippen molar-refractivity contribution in [3.8, 4) is 0 Å². The van der Waals surface area contributed by atoms with Crippen molar-refractivity contribution in [2.75, 3.05) is 0 Å². The van der Waals surface area contributed by atoms with E-state index in [4.69, 9.17) is 23.2 Å². The molecule has 0 unspecified atom stereocenters. The van der Waals surface area contributed by atoms with Crippen molar-refractivity contribution in [2.45, 2.75) is 25.7 Å². The SMILES string of the molecule is O=c1[nH]c(/C(Cl)=C/c2ccc(Cl)cc2)nc2sc3c(c12)CCCC3. The van der Waals surface area contributed by atoms with Gasteiger partial charge in [-0.25, -0.2) is 4.98 Å². The third-order valence-electron chi connectivity index (χ3n) is 4.21.